The molecule has 6 nitrogen and oxygen atoms in total. The fourth-order valence-corrected chi connectivity index (χ4v) is 8.35. The van der Waals surface area contributed by atoms with Gasteiger partial charge in [-0.15, -0.1) is 0 Å². The van der Waals surface area contributed by atoms with Crippen LogP contribution in [0.3, 0.4) is 0 Å². The van der Waals surface area contributed by atoms with Gasteiger partial charge in [-0.1, -0.05) is 286 Å². The van der Waals surface area contributed by atoms with Gasteiger partial charge in [0.05, 0.1) is 0 Å². The summed E-state index contributed by atoms with van der Waals surface area (Å²) in [5.74, 6) is -0.968. The molecule has 0 heterocycles. The summed E-state index contributed by atoms with van der Waals surface area (Å²) in [5, 5.41) is 0. The standard InChI is InChI=1S/C63H110O6/c1-4-7-10-13-16-19-22-25-28-31-32-33-36-38-41-44-47-50-53-56-62(65)68-59-60(69-63(66)57-54-51-48-45-42-39-35-30-27-24-21-18-15-12-9-6-3)58-67-61(64)55-52-49-46-43-40-37-34-29-26-23-20-17-14-11-8-5-2/h7,10,16,19,25,28,32-33,38,41,47,50,60H,4-6,8-9,11-15,17-18,20-24,26-27,29-31,34-37,39-40,42-46,48-49,51-59H2,1-3H3/b10-7+,19-16+,28-25+,33-32+,41-38+,50-47+/t60-/m1/s1. The lowest BCUT2D eigenvalue weighted by Gasteiger charge is -2.18. The zero-order valence-electron chi connectivity index (χ0n) is 45.6. The Bertz CT molecular complexity index is 1290. The third kappa shape index (κ3) is 55.6. The number of hydrogen-bond donors (Lipinski definition) is 0. The first-order valence-corrected chi connectivity index (χ1v) is 29.4. The third-order valence-corrected chi connectivity index (χ3v) is 12.7. The Morgan fingerprint density at radius 3 is 0.884 bits per heavy atom. The SMILES string of the molecule is CC/C=C/C/C=C/C/C=C/C/C=C/C/C=C/C/C=C/CCC(=O)OC[C@@H](COC(=O)CCCCCCCCCCCCCCCCCC)OC(=O)CCCCCCCCCCCCCCCCCC. The van der Waals surface area contributed by atoms with Gasteiger partial charge in [0.25, 0.3) is 0 Å². The molecule has 0 aromatic carbocycles. The smallest absolute Gasteiger partial charge is 0.306 e. The number of unbranched alkanes of at least 4 members (excludes halogenated alkanes) is 30. The Morgan fingerprint density at radius 1 is 0.304 bits per heavy atom. The predicted octanol–water partition coefficient (Wildman–Crippen LogP) is 19.8. The molecule has 0 aliphatic heterocycles. The van der Waals surface area contributed by atoms with E-state index in [4.69, 9.17) is 14.2 Å². The highest BCUT2D eigenvalue weighted by molar-refractivity contribution is 5.71. The quantitative estimate of drug-likeness (QED) is 0.0262. The van der Waals surface area contributed by atoms with E-state index >= 15 is 0 Å². The van der Waals surface area contributed by atoms with Crippen LogP contribution in [0.5, 0.6) is 0 Å². The lowest BCUT2D eigenvalue weighted by atomic mass is 10.0. The van der Waals surface area contributed by atoms with Crippen molar-refractivity contribution in [2.45, 2.75) is 297 Å². The second kappa shape index (κ2) is 57.4. The molecule has 0 aliphatic rings. The van der Waals surface area contributed by atoms with Gasteiger partial charge in [0.15, 0.2) is 6.10 Å². The Kier molecular flexibility index (Phi) is 54.8. The highest BCUT2D eigenvalue weighted by atomic mass is 16.6. The fourth-order valence-electron chi connectivity index (χ4n) is 8.35. The number of ether oxygens (including phenoxy) is 3. The number of esters is 3. The van der Waals surface area contributed by atoms with Crippen LogP contribution in [0.25, 0.3) is 0 Å². The van der Waals surface area contributed by atoms with Crippen molar-refractivity contribution in [2.75, 3.05) is 13.2 Å². The number of carbonyl (C=O) groups is 3. The van der Waals surface area contributed by atoms with Crippen molar-refractivity contribution in [3.8, 4) is 0 Å². The van der Waals surface area contributed by atoms with Gasteiger partial charge >= 0.3 is 17.9 Å². The Hall–Kier alpha value is -3.15. The number of allylic oxidation sites excluding steroid dienone is 12. The summed E-state index contributed by atoms with van der Waals surface area (Å²) in [5.41, 5.74) is 0. The summed E-state index contributed by atoms with van der Waals surface area (Å²) in [4.78, 5) is 38.2. The first-order chi connectivity index (χ1) is 34.0. The van der Waals surface area contributed by atoms with Crippen molar-refractivity contribution < 1.29 is 28.6 Å². The van der Waals surface area contributed by atoms with Crippen LogP contribution in [0.1, 0.15) is 290 Å². The van der Waals surface area contributed by atoms with Gasteiger partial charge in [-0.05, 0) is 57.8 Å². The first-order valence-electron chi connectivity index (χ1n) is 29.4. The van der Waals surface area contributed by atoms with Gasteiger partial charge < -0.3 is 14.2 Å². The van der Waals surface area contributed by atoms with Crippen LogP contribution in [0.4, 0.5) is 0 Å². The van der Waals surface area contributed by atoms with E-state index in [2.05, 4.69) is 87.6 Å². The molecule has 0 bridgehead atoms. The van der Waals surface area contributed by atoms with Gasteiger partial charge in [0, 0.05) is 19.3 Å². The first kappa shape index (κ1) is 65.8. The van der Waals surface area contributed by atoms with Crippen molar-refractivity contribution in [3.05, 3.63) is 72.9 Å². The highest BCUT2D eigenvalue weighted by Crippen LogP contribution is 2.17. The Balaban J connectivity index is 4.46. The van der Waals surface area contributed by atoms with Crippen molar-refractivity contribution in [3.63, 3.8) is 0 Å². The summed E-state index contributed by atoms with van der Waals surface area (Å²) in [6.45, 7) is 6.50. The van der Waals surface area contributed by atoms with Crippen LogP contribution in [-0.4, -0.2) is 37.2 Å². The maximum Gasteiger partial charge on any atom is 0.306 e. The largest absolute Gasteiger partial charge is 0.462 e. The van der Waals surface area contributed by atoms with E-state index < -0.39 is 6.10 Å². The fraction of sp³-hybridized carbons (Fsp3) is 0.762. The average Bonchev–Trinajstić information content (AvgIpc) is 3.35. The minimum absolute atomic E-state index is 0.0944. The van der Waals surface area contributed by atoms with E-state index in [0.29, 0.717) is 19.3 Å². The molecule has 0 amide bonds. The lowest BCUT2D eigenvalue weighted by Crippen LogP contribution is -2.30. The third-order valence-electron chi connectivity index (χ3n) is 12.7. The van der Waals surface area contributed by atoms with Gasteiger partial charge in [-0.3, -0.25) is 14.4 Å². The Labute approximate surface area is 427 Å². The maximum atomic E-state index is 12.9. The van der Waals surface area contributed by atoms with Gasteiger partial charge in [-0.25, -0.2) is 0 Å². The second-order valence-electron chi connectivity index (χ2n) is 19.5. The summed E-state index contributed by atoms with van der Waals surface area (Å²) in [7, 11) is 0. The number of rotatable bonds is 53. The van der Waals surface area contributed by atoms with Gasteiger partial charge in [0.2, 0.25) is 0 Å². The summed E-state index contributed by atoms with van der Waals surface area (Å²) < 4.78 is 16.8. The highest BCUT2D eigenvalue weighted by Gasteiger charge is 2.19. The lowest BCUT2D eigenvalue weighted by molar-refractivity contribution is -0.166. The van der Waals surface area contributed by atoms with Crippen LogP contribution in [0, 0.1) is 0 Å². The van der Waals surface area contributed by atoms with E-state index in [1.165, 1.54) is 167 Å². The molecule has 0 aromatic rings. The minimum Gasteiger partial charge on any atom is -0.462 e. The van der Waals surface area contributed by atoms with Crippen LogP contribution in [0.2, 0.25) is 0 Å². The molecule has 0 aliphatic carbocycles. The van der Waals surface area contributed by atoms with E-state index in [0.717, 1.165) is 77.0 Å². The van der Waals surface area contributed by atoms with E-state index in [1.54, 1.807) is 0 Å². The molecule has 1 atom stereocenters. The van der Waals surface area contributed by atoms with Crippen molar-refractivity contribution in [1.82, 2.24) is 0 Å². The molecular formula is C63H110O6. The molecule has 398 valence electrons. The molecule has 0 aromatic heterocycles. The normalized spacial score (nSPS) is 12.6. The van der Waals surface area contributed by atoms with E-state index in [-0.39, 0.29) is 37.5 Å². The second-order valence-corrected chi connectivity index (χ2v) is 19.5. The van der Waals surface area contributed by atoms with Crippen LogP contribution in [0.15, 0.2) is 72.9 Å². The molecule has 6 heteroatoms. The van der Waals surface area contributed by atoms with Crippen molar-refractivity contribution >= 4 is 17.9 Å². The number of carbonyl (C=O) groups excluding carboxylic acids is 3. The van der Waals surface area contributed by atoms with Crippen molar-refractivity contribution in [1.29, 1.82) is 0 Å². The molecule has 0 saturated heterocycles. The molecule has 0 rings (SSSR count). The zero-order chi connectivity index (χ0) is 50.0. The van der Waals surface area contributed by atoms with Crippen LogP contribution in [-0.2, 0) is 28.6 Å². The molecule has 0 radical (unpaired) electrons. The molecular weight excluding hydrogens is 853 g/mol. The maximum absolute atomic E-state index is 12.9. The van der Waals surface area contributed by atoms with Crippen LogP contribution < -0.4 is 0 Å². The van der Waals surface area contributed by atoms with Gasteiger partial charge in [0.1, 0.15) is 13.2 Å². The molecule has 0 N–H and O–H groups in total. The Morgan fingerprint density at radius 2 is 0.565 bits per heavy atom. The van der Waals surface area contributed by atoms with Crippen LogP contribution >= 0.6 is 0 Å². The topological polar surface area (TPSA) is 78.9 Å². The molecule has 0 unspecified atom stereocenters. The number of hydrogen-bond acceptors (Lipinski definition) is 6. The summed E-state index contributed by atoms with van der Waals surface area (Å²) >= 11 is 0. The monoisotopic (exact) mass is 963 g/mol. The van der Waals surface area contributed by atoms with Gasteiger partial charge in [-0.2, -0.15) is 0 Å². The van der Waals surface area contributed by atoms with E-state index in [9.17, 15) is 14.4 Å². The average molecular weight is 964 g/mol. The molecule has 0 saturated carbocycles. The zero-order valence-corrected chi connectivity index (χ0v) is 45.6. The van der Waals surface area contributed by atoms with Crippen molar-refractivity contribution in [2.24, 2.45) is 0 Å². The summed E-state index contributed by atoms with van der Waals surface area (Å²) in [6.07, 6.45) is 73.3. The minimum atomic E-state index is -0.803. The molecule has 0 spiro atoms. The molecule has 69 heavy (non-hydrogen) atoms. The predicted molar refractivity (Wildman–Crippen MR) is 298 cm³/mol. The molecule has 0 fully saturated rings. The van der Waals surface area contributed by atoms with E-state index in [1.807, 2.05) is 6.08 Å². The summed E-state index contributed by atoms with van der Waals surface area (Å²) in [6, 6.07) is 0.